The number of amides is 1. The lowest BCUT2D eigenvalue weighted by atomic mass is 10.00. The second kappa shape index (κ2) is 8.74. The number of nitrogens with one attached hydrogen (secondary N) is 2. The van der Waals surface area contributed by atoms with E-state index in [1.54, 1.807) is 0 Å². The van der Waals surface area contributed by atoms with Crippen LogP contribution in [0, 0.1) is 13.8 Å². The molecule has 1 heterocycles. The number of fused-ring (bicyclic) bond motifs is 1. The van der Waals surface area contributed by atoms with Crippen LogP contribution in [0.5, 0.6) is 0 Å². The average molecular weight is 413 g/mol. The van der Waals surface area contributed by atoms with Crippen LogP contribution in [-0.2, 0) is 0 Å². The second-order valence-corrected chi connectivity index (χ2v) is 8.36. The first kappa shape index (κ1) is 20.8. The average Bonchev–Trinajstić information content (AvgIpc) is 3.13. The van der Waals surface area contributed by atoms with Gasteiger partial charge in [-0.15, -0.1) is 0 Å². The van der Waals surface area contributed by atoms with Gasteiger partial charge in [0, 0.05) is 23.2 Å². The van der Waals surface area contributed by atoms with Crippen LogP contribution in [0.1, 0.15) is 33.2 Å². The van der Waals surface area contributed by atoms with Crippen LogP contribution in [0.4, 0.5) is 0 Å². The Morgan fingerprint density at radius 3 is 2.55 bits per heavy atom. The molecule has 0 bridgehead atoms. The van der Waals surface area contributed by atoms with Crippen molar-refractivity contribution in [2.45, 2.75) is 19.9 Å². The highest BCUT2D eigenvalue weighted by molar-refractivity contribution is 5.96. The van der Waals surface area contributed by atoms with Crippen molar-refractivity contribution in [3.63, 3.8) is 0 Å². The van der Waals surface area contributed by atoms with Crippen LogP contribution >= 0.6 is 0 Å². The summed E-state index contributed by atoms with van der Waals surface area (Å²) < 4.78 is 0. The van der Waals surface area contributed by atoms with E-state index in [2.05, 4.69) is 51.6 Å². The van der Waals surface area contributed by atoms with Gasteiger partial charge < -0.3 is 10.2 Å². The topological polar surface area (TPSA) is 61.0 Å². The number of carbonyl (C=O) groups is 1. The van der Waals surface area contributed by atoms with Gasteiger partial charge in [-0.1, -0.05) is 48.0 Å². The van der Waals surface area contributed by atoms with Gasteiger partial charge in [0.05, 0.1) is 11.6 Å². The van der Waals surface area contributed by atoms with Crippen molar-refractivity contribution in [1.29, 1.82) is 0 Å². The van der Waals surface area contributed by atoms with E-state index in [1.165, 1.54) is 5.56 Å². The fourth-order valence-electron chi connectivity index (χ4n) is 3.89. The number of H-pyrrole nitrogens is 1. The highest BCUT2D eigenvalue weighted by Crippen LogP contribution is 2.26. The molecule has 0 saturated heterocycles. The smallest absolute Gasteiger partial charge is 0.251 e. The number of likely N-dealkylation sites (N-methyl/N-ethyl adjacent to an activating group) is 1. The van der Waals surface area contributed by atoms with Crippen LogP contribution in [0.3, 0.4) is 0 Å². The maximum absolute atomic E-state index is 13.2. The van der Waals surface area contributed by atoms with Crippen LogP contribution in [0.2, 0.25) is 0 Å². The summed E-state index contributed by atoms with van der Waals surface area (Å²) in [5.74, 6) is -0.0734. The van der Waals surface area contributed by atoms with Crippen LogP contribution < -0.4 is 5.32 Å². The summed E-state index contributed by atoms with van der Waals surface area (Å²) in [5, 5.41) is 11.6. The van der Waals surface area contributed by atoms with Crippen LogP contribution in [0.25, 0.3) is 22.0 Å². The van der Waals surface area contributed by atoms with E-state index in [9.17, 15) is 4.79 Å². The van der Waals surface area contributed by atoms with Gasteiger partial charge in [0.2, 0.25) is 0 Å². The standard InChI is InChI=1S/C26H28N4O/c1-17-7-5-9-21(13-17)25(16-30(3)4)27-26(31)22-10-6-8-19(14-22)20-11-12-24-23(15-20)18(2)28-29-24/h5-15,25H,16H2,1-4H3,(H,27,31)(H,28,29). The molecule has 0 fully saturated rings. The number of hydrogen-bond donors (Lipinski definition) is 2. The zero-order valence-corrected chi connectivity index (χ0v) is 18.4. The molecule has 4 aromatic rings. The molecular formula is C26H28N4O. The summed E-state index contributed by atoms with van der Waals surface area (Å²) in [7, 11) is 4.03. The van der Waals surface area contributed by atoms with Crippen molar-refractivity contribution in [3.05, 3.63) is 89.1 Å². The van der Waals surface area contributed by atoms with Gasteiger partial charge >= 0.3 is 0 Å². The Hall–Kier alpha value is -3.44. The minimum Gasteiger partial charge on any atom is -0.344 e. The van der Waals surface area contributed by atoms with Crippen molar-refractivity contribution in [1.82, 2.24) is 20.4 Å². The van der Waals surface area contributed by atoms with Crippen molar-refractivity contribution < 1.29 is 4.79 Å². The lowest BCUT2D eigenvalue weighted by Gasteiger charge is -2.23. The van der Waals surface area contributed by atoms with E-state index >= 15 is 0 Å². The summed E-state index contributed by atoms with van der Waals surface area (Å²) in [6.45, 7) is 4.81. The van der Waals surface area contributed by atoms with Gasteiger partial charge in [-0.2, -0.15) is 5.10 Å². The molecule has 0 radical (unpaired) electrons. The fourth-order valence-corrected chi connectivity index (χ4v) is 3.89. The first-order chi connectivity index (χ1) is 14.9. The molecule has 0 aliphatic heterocycles. The molecule has 0 saturated carbocycles. The third kappa shape index (κ3) is 4.67. The van der Waals surface area contributed by atoms with E-state index < -0.39 is 0 Å². The van der Waals surface area contributed by atoms with Gasteiger partial charge in [-0.05, 0) is 68.9 Å². The van der Waals surface area contributed by atoms with Gasteiger partial charge in [0.15, 0.2) is 0 Å². The maximum Gasteiger partial charge on any atom is 0.251 e. The Bertz CT molecular complexity index is 1230. The van der Waals surface area contributed by atoms with Crippen molar-refractivity contribution in [2.24, 2.45) is 0 Å². The third-order valence-electron chi connectivity index (χ3n) is 5.50. The summed E-state index contributed by atoms with van der Waals surface area (Å²) in [6.07, 6.45) is 0. The molecule has 1 unspecified atom stereocenters. The largest absolute Gasteiger partial charge is 0.344 e. The highest BCUT2D eigenvalue weighted by atomic mass is 16.1. The number of aromatic amines is 1. The van der Waals surface area contributed by atoms with E-state index in [-0.39, 0.29) is 11.9 Å². The molecule has 31 heavy (non-hydrogen) atoms. The molecule has 4 rings (SSSR count). The Kier molecular flexibility index (Phi) is 5.87. The molecule has 158 valence electrons. The van der Waals surface area contributed by atoms with E-state index in [4.69, 9.17) is 0 Å². The fraction of sp³-hybridized carbons (Fsp3) is 0.231. The van der Waals surface area contributed by atoms with Gasteiger partial charge in [0.1, 0.15) is 0 Å². The molecular weight excluding hydrogens is 384 g/mol. The summed E-state index contributed by atoms with van der Waals surface area (Å²) >= 11 is 0. The number of hydrogen-bond acceptors (Lipinski definition) is 3. The number of rotatable bonds is 6. The van der Waals surface area contributed by atoms with Crippen LogP contribution in [0.15, 0.2) is 66.7 Å². The molecule has 1 atom stereocenters. The van der Waals surface area contributed by atoms with Crippen molar-refractivity contribution >= 4 is 16.8 Å². The number of nitrogens with zero attached hydrogens (tertiary/aromatic N) is 2. The molecule has 0 aliphatic carbocycles. The number of aryl methyl sites for hydroxylation is 2. The molecule has 0 aliphatic rings. The first-order valence-electron chi connectivity index (χ1n) is 10.5. The Morgan fingerprint density at radius 1 is 1.00 bits per heavy atom. The zero-order valence-electron chi connectivity index (χ0n) is 18.4. The first-order valence-corrected chi connectivity index (χ1v) is 10.5. The van der Waals surface area contributed by atoms with E-state index in [0.29, 0.717) is 5.56 Å². The van der Waals surface area contributed by atoms with Crippen LogP contribution in [-0.4, -0.2) is 41.6 Å². The minimum absolute atomic E-state index is 0.0734. The molecule has 3 aromatic carbocycles. The lowest BCUT2D eigenvalue weighted by molar-refractivity contribution is 0.0930. The quantitative estimate of drug-likeness (QED) is 0.474. The molecule has 2 N–H and O–H groups in total. The highest BCUT2D eigenvalue weighted by Gasteiger charge is 2.17. The minimum atomic E-state index is -0.0870. The molecule has 5 heteroatoms. The third-order valence-corrected chi connectivity index (χ3v) is 5.50. The molecule has 1 amide bonds. The number of carbonyl (C=O) groups excluding carboxylic acids is 1. The molecule has 0 spiro atoms. The SMILES string of the molecule is Cc1cccc(C(CN(C)C)NC(=O)c2cccc(-c3ccc4n[nH]c(C)c4c3)c2)c1. The predicted octanol–water partition coefficient (Wildman–Crippen LogP) is 4.88. The number of aromatic nitrogens is 2. The monoisotopic (exact) mass is 412 g/mol. The second-order valence-electron chi connectivity index (χ2n) is 8.36. The van der Waals surface area contributed by atoms with Crippen molar-refractivity contribution in [2.75, 3.05) is 20.6 Å². The maximum atomic E-state index is 13.2. The summed E-state index contributed by atoms with van der Waals surface area (Å²) in [6, 6.07) is 22.2. The van der Waals surface area contributed by atoms with Crippen molar-refractivity contribution in [3.8, 4) is 11.1 Å². The normalized spacial score (nSPS) is 12.3. The van der Waals surface area contributed by atoms with Gasteiger partial charge in [-0.3, -0.25) is 9.89 Å². The summed E-state index contributed by atoms with van der Waals surface area (Å²) in [4.78, 5) is 15.2. The number of benzene rings is 3. The molecule has 1 aromatic heterocycles. The Morgan fingerprint density at radius 2 is 1.77 bits per heavy atom. The van der Waals surface area contributed by atoms with Gasteiger partial charge in [0.25, 0.3) is 5.91 Å². The van der Waals surface area contributed by atoms with E-state index in [1.807, 2.05) is 63.5 Å². The van der Waals surface area contributed by atoms with Gasteiger partial charge in [-0.25, -0.2) is 0 Å². The lowest BCUT2D eigenvalue weighted by Crippen LogP contribution is -2.35. The summed E-state index contributed by atoms with van der Waals surface area (Å²) in [5.41, 5.74) is 7.00. The Labute approximate surface area is 183 Å². The zero-order chi connectivity index (χ0) is 22.0. The molecule has 5 nitrogen and oxygen atoms in total. The Balaban J connectivity index is 1.61. The predicted molar refractivity (Wildman–Crippen MR) is 126 cm³/mol. The van der Waals surface area contributed by atoms with E-state index in [0.717, 1.165) is 39.8 Å².